The molecule has 1 N–H and O–H groups in total. The van der Waals surface area contributed by atoms with Crippen molar-refractivity contribution in [3.8, 4) is 0 Å². The normalized spacial score (nSPS) is 19.9. The van der Waals surface area contributed by atoms with Gasteiger partial charge in [-0.1, -0.05) is 48.5 Å². The van der Waals surface area contributed by atoms with Crippen LogP contribution < -0.4 is 4.90 Å². The highest BCUT2D eigenvalue weighted by Gasteiger charge is 2.39. The zero-order valence-corrected chi connectivity index (χ0v) is 17.4. The Hall–Kier alpha value is -2.22. The molecule has 154 valence electrons. The predicted molar refractivity (Wildman–Crippen MR) is 111 cm³/mol. The van der Waals surface area contributed by atoms with E-state index in [2.05, 4.69) is 0 Å². The number of nitrogens with zero attached hydrogens (tertiary/aromatic N) is 2. The van der Waals surface area contributed by atoms with Crippen LogP contribution in [0.1, 0.15) is 24.4 Å². The Kier molecular flexibility index (Phi) is 5.99. The lowest BCUT2D eigenvalue weighted by Gasteiger charge is -2.36. The fourth-order valence-corrected chi connectivity index (χ4v) is 5.82. The molecule has 1 amide bonds. The molecule has 2 aromatic rings. The summed E-state index contributed by atoms with van der Waals surface area (Å²) in [6, 6.07) is 18.2. The first-order valence-corrected chi connectivity index (χ1v) is 11.7. The molecular weight excluding hydrogens is 386 g/mol. The van der Waals surface area contributed by atoms with Crippen LogP contribution in [0.4, 0.5) is 0 Å². The number of hydrogen-bond acceptors (Lipinski definition) is 3. The van der Waals surface area contributed by atoms with Crippen molar-refractivity contribution in [1.29, 1.82) is 0 Å². The second kappa shape index (κ2) is 8.65. The number of carbonyl (C=O) groups is 1. The third kappa shape index (κ3) is 4.22. The van der Waals surface area contributed by atoms with E-state index in [1.165, 1.54) is 0 Å². The SMILES string of the molecule is O=C([C@H](c1ccccc1)[NH+]1CCN(S(=O)(=O)c2ccccc2)CC1)N1CCCC1. The van der Waals surface area contributed by atoms with Crippen molar-refractivity contribution in [3.63, 3.8) is 0 Å². The summed E-state index contributed by atoms with van der Waals surface area (Å²) in [5, 5.41) is 0. The van der Waals surface area contributed by atoms with Gasteiger partial charge in [-0.15, -0.1) is 0 Å². The molecule has 29 heavy (non-hydrogen) atoms. The van der Waals surface area contributed by atoms with Gasteiger partial charge in [-0.25, -0.2) is 8.42 Å². The molecule has 6 nitrogen and oxygen atoms in total. The van der Waals surface area contributed by atoms with E-state index in [0.717, 1.165) is 36.4 Å². The number of quaternary nitrogens is 1. The van der Waals surface area contributed by atoms with E-state index in [0.29, 0.717) is 31.1 Å². The molecule has 0 unspecified atom stereocenters. The van der Waals surface area contributed by atoms with Gasteiger partial charge in [-0.3, -0.25) is 4.79 Å². The van der Waals surface area contributed by atoms with Gasteiger partial charge in [0.15, 0.2) is 6.04 Å². The number of likely N-dealkylation sites (tertiary alicyclic amines) is 1. The summed E-state index contributed by atoms with van der Waals surface area (Å²) in [5.74, 6) is 0.170. The predicted octanol–water partition coefficient (Wildman–Crippen LogP) is 0.940. The first-order chi connectivity index (χ1) is 14.1. The fraction of sp³-hybridized carbons (Fsp3) is 0.409. The number of rotatable bonds is 5. The van der Waals surface area contributed by atoms with Crippen LogP contribution in [-0.4, -0.2) is 62.8 Å². The van der Waals surface area contributed by atoms with Crippen molar-refractivity contribution < 1.29 is 18.1 Å². The van der Waals surface area contributed by atoms with E-state index in [4.69, 9.17) is 0 Å². The third-order valence-electron chi connectivity index (χ3n) is 5.95. The molecule has 1 atom stereocenters. The van der Waals surface area contributed by atoms with Gasteiger partial charge in [-0.2, -0.15) is 4.31 Å². The van der Waals surface area contributed by atoms with Crippen LogP contribution in [0, 0.1) is 0 Å². The average molecular weight is 415 g/mol. The minimum absolute atomic E-state index is 0.170. The van der Waals surface area contributed by atoms with Gasteiger partial charge in [0.1, 0.15) is 0 Å². The van der Waals surface area contributed by atoms with Crippen molar-refractivity contribution in [3.05, 3.63) is 66.2 Å². The topological polar surface area (TPSA) is 62.1 Å². The fourth-order valence-electron chi connectivity index (χ4n) is 4.36. The van der Waals surface area contributed by atoms with Gasteiger partial charge in [0.05, 0.1) is 31.1 Å². The molecule has 2 saturated heterocycles. The third-order valence-corrected chi connectivity index (χ3v) is 7.86. The van der Waals surface area contributed by atoms with Gasteiger partial charge in [0.2, 0.25) is 10.0 Å². The van der Waals surface area contributed by atoms with Crippen LogP contribution >= 0.6 is 0 Å². The summed E-state index contributed by atoms with van der Waals surface area (Å²) in [5.41, 5.74) is 1.01. The summed E-state index contributed by atoms with van der Waals surface area (Å²) in [4.78, 5) is 16.8. The molecule has 2 aliphatic rings. The second-order valence-electron chi connectivity index (χ2n) is 7.75. The molecule has 0 saturated carbocycles. The molecular formula is C22H28N3O3S+. The smallest absolute Gasteiger partial charge is 0.285 e. The molecule has 2 fully saturated rings. The molecule has 0 spiro atoms. The van der Waals surface area contributed by atoms with Crippen molar-refractivity contribution in [2.45, 2.75) is 23.8 Å². The van der Waals surface area contributed by atoms with E-state index in [-0.39, 0.29) is 11.9 Å². The van der Waals surface area contributed by atoms with E-state index in [1.54, 1.807) is 28.6 Å². The van der Waals surface area contributed by atoms with E-state index in [1.807, 2.05) is 41.3 Å². The lowest BCUT2D eigenvalue weighted by Crippen LogP contribution is -3.16. The number of amides is 1. The second-order valence-corrected chi connectivity index (χ2v) is 9.69. The monoisotopic (exact) mass is 414 g/mol. The molecule has 7 heteroatoms. The van der Waals surface area contributed by atoms with Gasteiger partial charge >= 0.3 is 0 Å². The summed E-state index contributed by atoms with van der Waals surface area (Å²) in [6.45, 7) is 3.72. The molecule has 0 aliphatic carbocycles. The van der Waals surface area contributed by atoms with Crippen molar-refractivity contribution in [2.75, 3.05) is 39.3 Å². The Morgan fingerprint density at radius 1 is 0.828 bits per heavy atom. The Morgan fingerprint density at radius 3 is 1.97 bits per heavy atom. The van der Waals surface area contributed by atoms with Gasteiger partial charge in [0, 0.05) is 18.7 Å². The number of nitrogens with one attached hydrogen (secondary N) is 1. The standard InChI is InChI=1S/C22H27N3O3S/c26-22(24-13-7-8-14-24)21(19-9-3-1-4-10-19)23-15-17-25(18-16-23)29(27,28)20-11-5-2-6-12-20/h1-6,9-12,21H,7-8,13-18H2/p+1/t21-/m0/s1. The van der Waals surface area contributed by atoms with Crippen LogP contribution in [0.15, 0.2) is 65.6 Å². The summed E-state index contributed by atoms with van der Waals surface area (Å²) in [6.07, 6.45) is 2.12. The number of sulfonamides is 1. The summed E-state index contributed by atoms with van der Waals surface area (Å²) in [7, 11) is -3.49. The highest BCUT2D eigenvalue weighted by molar-refractivity contribution is 7.89. The summed E-state index contributed by atoms with van der Waals surface area (Å²) < 4.78 is 27.4. The Labute approximate surface area is 172 Å². The number of carbonyl (C=O) groups excluding carboxylic acids is 1. The minimum Gasteiger partial charge on any atom is -0.337 e. The highest BCUT2D eigenvalue weighted by atomic mass is 32.2. The van der Waals surface area contributed by atoms with Crippen LogP contribution in [0.3, 0.4) is 0 Å². The molecule has 0 bridgehead atoms. The van der Waals surface area contributed by atoms with Crippen LogP contribution in [-0.2, 0) is 14.8 Å². The quantitative estimate of drug-likeness (QED) is 0.792. The van der Waals surface area contributed by atoms with Crippen molar-refractivity contribution in [1.82, 2.24) is 9.21 Å². The molecule has 0 aromatic heterocycles. The largest absolute Gasteiger partial charge is 0.337 e. The first-order valence-electron chi connectivity index (χ1n) is 10.3. The molecule has 4 rings (SSSR count). The highest BCUT2D eigenvalue weighted by Crippen LogP contribution is 2.19. The van der Waals surface area contributed by atoms with Crippen molar-refractivity contribution in [2.24, 2.45) is 0 Å². The van der Waals surface area contributed by atoms with Crippen LogP contribution in [0.25, 0.3) is 0 Å². The van der Waals surface area contributed by atoms with Gasteiger partial charge in [-0.05, 0) is 25.0 Å². The van der Waals surface area contributed by atoms with E-state index < -0.39 is 10.0 Å². The first kappa shape index (κ1) is 20.1. The minimum atomic E-state index is -3.49. The zero-order chi connectivity index (χ0) is 20.3. The van der Waals surface area contributed by atoms with E-state index >= 15 is 0 Å². The van der Waals surface area contributed by atoms with Crippen LogP contribution in [0.5, 0.6) is 0 Å². The maximum Gasteiger partial charge on any atom is 0.285 e. The van der Waals surface area contributed by atoms with Crippen LogP contribution in [0.2, 0.25) is 0 Å². The molecule has 2 aliphatic heterocycles. The maximum absolute atomic E-state index is 13.3. The maximum atomic E-state index is 13.3. The molecule has 2 heterocycles. The molecule has 2 aromatic carbocycles. The number of benzene rings is 2. The van der Waals surface area contributed by atoms with E-state index in [9.17, 15) is 13.2 Å². The van der Waals surface area contributed by atoms with Gasteiger partial charge in [0.25, 0.3) is 5.91 Å². The Bertz CT molecular complexity index is 920. The number of piperazine rings is 1. The lowest BCUT2D eigenvalue weighted by molar-refractivity contribution is -0.925. The lowest BCUT2D eigenvalue weighted by atomic mass is 10.0. The number of hydrogen-bond donors (Lipinski definition) is 1. The summed E-state index contributed by atoms with van der Waals surface area (Å²) >= 11 is 0. The Morgan fingerprint density at radius 2 is 1.38 bits per heavy atom. The zero-order valence-electron chi connectivity index (χ0n) is 16.5. The Balaban J connectivity index is 1.52. The van der Waals surface area contributed by atoms with Crippen molar-refractivity contribution >= 4 is 15.9 Å². The molecule has 0 radical (unpaired) electrons. The van der Waals surface area contributed by atoms with Gasteiger partial charge < -0.3 is 9.80 Å². The average Bonchev–Trinajstić information content (AvgIpc) is 3.31.